The number of carbonyl (C=O) groups excluding carboxylic acids is 1. The molecule has 0 spiro atoms. The lowest BCUT2D eigenvalue weighted by Gasteiger charge is -2.45. The Bertz CT molecular complexity index is 1130. The van der Waals surface area contributed by atoms with E-state index in [1.54, 1.807) is 52.0 Å². The van der Waals surface area contributed by atoms with Crippen molar-refractivity contribution in [2.75, 3.05) is 24.6 Å². The van der Waals surface area contributed by atoms with Crippen molar-refractivity contribution < 1.29 is 32.2 Å². The van der Waals surface area contributed by atoms with Gasteiger partial charge in [-0.2, -0.15) is 13.2 Å². The molecule has 1 atom stereocenters. The zero-order valence-electron chi connectivity index (χ0n) is 19.7. The third kappa shape index (κ3) is 4.17. The lowest BCUT2D eigenvalue weighted by molar-refractivity contribution is -0.262. The quantitative estimate of drug-likeness (QED) is 0.580. The summed E-state index contributed by atoms with van der Waals surface area (Å²) in [6, 6.07) is 9.04. The Morgan fingerprint density at radius 2 is 1.82 bits per heavy atom. The van der Waals surface area contributed by atoms with Crippen LogP contribution < -0.4 is 9.64 Å². The second kappa shape index (κ2) is 7.97. The highest BCUT2D eigenvalue weighted by molar-refractivity contribution is 6.06. The number of rotatable bonds is 5. The van der Waals surface area contributed by atoms with E-state index >= 15 is 0 Å². The number of hydrogen-bond acceptors (Lipinski definition) is 4. The number of para-hydroxylation sites is 1. The fourth-order valence-electron chi connectivity index (χ4n) is 5.24. The van der Waals surface area contributed by atoms with Crippen molar-refractivity contribution in [3.63, 3.8) is 0 Å². The number of aliphatic hydroxyl groups is 1. The van der Waals surface area contributed by atoms with E-state index in [9.17, 15) is 27.5 Å². The summed E-state index contributed by atoms with van der Waals surface area (Å²) in [4.78, 5) is 14.3. The van der Waals surface area contributed by atoms with Crippen LogP contribution in [-0.4, -0.2) is 42.4 Å². The molecule has 34 heavy (non-hydrogen) atoms. The van der Waals surface area contributed by atoms with Crippen LogP contribution >= 0.6 is 0 Å². The maximum atomic E-state index is 14.5. The molecule has 0 aliphatic carbocycles. The van der Waals surface area contributed by atoms with Crippen LogP contribution in [0.25, 0.3) is 0 Å². The number of β-amino-alcohol motifs (C(OH)–C–C–N with tert-alkyl or cyclic N) is 1. The molecule has 0 bridgehead atoms. The third-order valence-electron chi connectivity index (χ3n) is 6.88. The number of benzene rings is 2. The fourth-order valence-corrected chi connectivity index (χ4v) is 5.24. The van der Waals surface area contributed by atoms with Crippen LogP contribution in [-0.2, 0) is 11.8 Å². The van der Waals surface area contributed by atoms with Crippen molar-refractivity contribution in [1.82, 2.24) is 0 Å². The standard InChI is InChI=1S/C26H29F4NO3/c1-23(2,19-12-17(27)11-16-9-10-34-21(16)19)13-25(33,26(28,29)30)15-31-14-24(3,4)22(32)18-7-5-6-8-20(18)31/h5-8,11-12,33H,9-10,13-15H2,1-4H3. The number of anilines is 1. The monoisotopic (exact) mass is 479 g/mol. The van der Waals surface area contributed by atoms with E-state index < -0.39 is 41.4 Å². The Morgan fingerprint density at radius 3 is 2.50 bits per heavy atom. The summed E-state index contributed by atoms with van der Waals surface area (Å²) in [7, 11) is 0. The molecule has 184 valence electrons. The van der Waals surface area contributed by atoms with Gasteiger partial charge >= 0.3 is 6.18 Å². The largest absolute Gasteiger partial charge is 0.493 e. The average Bonchev–Trinajstić information content (AvgIpc) is 3.18. The summed E-state index contributed by atoms with van der Waals surface area (Å²) in [6.45, 7) is 6.08. The smallest absolute Gasteiger partial charge is 0.418 e. The maximum Gasteiger partial charge on any atom is 0.418 e. The van der Waals surface area contributed by atoms with E-state index in [0.29, 0.717) is 41.2 Å². The SMILES string of the molecule is CC1(C)CN(CC(O)(CC(C)(C)c2cc(F)cc3c2OCC3)C(F)(F)F)c2ccccc2C1=O. The molecule has 2 aromatic carbocycles. The van der Waals surface area contributed by atoms with Crippen LogP contribution in [0.5, 0.6) is 5.75 Å². The van der Waals surface area contributed by atoms with Crippen LogP contribution in [0, 0.1) is 11.2 Å². The minimum Gasteiger partial charge on any atom is -0.493 e. The number of Topliss-reactive ketones (excluding diaryl/α,β-unsaturated/α-hetero) is 1. The zero-order chi connectivity index (χ0) is 25.1. The molecule has 0 aromatic heterocycles. The Hall–Kier alpha value is -2.61. The van der Waals surface area contributed by atoms with Crippen molar-refractivity contribution >= 4 is 11.5 Å². The number of ketones is 1. The lowest BCUT2D eigenvalue weighted by atomic mass is 9.73. The molecule has 0 radical (unpaired) electrons. The van der Waals surface area contributed by atoms with Gasteiger partial charge in [0.1, 0.15) is 11.6 Å². The van der Waals surface area contributed by atoms with Gasteiger partial charge < -0.3 is 14.7 Å². The number of hydrogen-bond donors (Lipinski definition) is 1. The molecule has 2 aliphatic rings. The fraction of sp³-hybridized carbons (Fsp3) is 0.500. The molecular formula is C26H29F4NO3. The van der Waals surface area contributed by atoms with Crippen LogP contribution in [0.1, 0.15) is 55.6 Å². The van der Waals surface area contributed by atoms with E-state index in [1.807, 2.05) is 0 Å². The molecule has 2 heterocycles. The second-order valence-corrected chi connectivity index (χ2v) is 10.7. The molecule has 0 fully saturated rings. The summed E-state index contributed by atoms with van der Waals surface area (Å²) in [5.74, 6) is -0.304. The topological polar surface area (TPSA) is 49.8 Å². The lowest BCUT2D eigenvalue weighted by Crippen LogP contribution is -2.59. The highest BCUT2D eigenvalue weighted by atomic mass is 19.4. The van der Waals surface area contributed by atoms with Crippen molar-refractivity contribution in [2.24, 2.45) is 5.41 Å². The number of fused-ring (bicyclic) bond motifs is 2. The zero-order valence-corrected chi connectivity index (χ0v) is 19.7. The second-order valence-electron chi connectivity index (χ2n) is 10.7. The maximum absolute atomic E-state index is 14.5. The van der Waals surface area contributed by atoms with Crippen LogP contribution in [0.15, 0.2) is 36.4 Å². The number of halogens is 4. The number of carbonyl (C=O) groups is 1. The number of alkyl halides is 3. The van der Waals surface area contributed by atoms with Crippen molar-refractivity contribution in [3.8, 4) is 5.75 Å². The summed E-state index contributed by atoms with van der Waals surface area (Å²) in [5.41, 5.74) is -3.70. The Balaban J connectivity index is 1.73. The minimum absolute atomic E-state index is 0.0279. The molecule has 4 nitrogen and oxygen atoms in total. The van der Waals surface area contributed by atoms with Crippen LogP contribution in [0.3, 0.4) is 0 Å². The normalized spacial score (nSPS) is 19.3. The Morgan fingerprint density at radius 1 is 1.15 bits per heavy atom. The summed E-state index contributed by atoms with van der Waals surface area (Å²) in [5, 5.41) is 11.2. The molecule has 2 aliphatic heterocycles. The number of nitrogens with zero attached hydrogens (tertiary/aromatic N) is 1. The molecule has 0 saturated carbocycles. The van der Waals surface area contributed by atoms with E-state index in [0.717, 1.165) is 0 Å². The van der Waals surface area contributed by atoms with Gasteiger partial charge in [0.25, 0.3) is 0 Å². The molecule has 8 heteroatoms. The van der Waals surface area contributed by atoms with Gasteiger partial charge in [-0.25, -0.2) is 4.39 Å². The van der Waals surface area contributed by atoms with Crippen molar-refractivity contribution in [1.29, 1.82) is 0 Å². The van der Waals surface area contributed by atoms with Gasteiger partial charge in [0.05, 0.1) is 13.2 Å². The minimum atomic E-state index is -4.97. The van der Waals surface area contributed by atoms with Crippen molar-refractivity contribution in [3.05, 3.63) is 58.9 Å². The predicted molar refractivity (Wildman–Crippen MR) is 121 cm³/mol. The molecule has 0 saturated heterocycles. The first kappa shape index (κ1) is 24.5. The van der Waals surface area contributed by atoms with E-state index in [-0.39, 0.29) is 12.3 Å². The van der Waals surface area contributed by atoms with Crippen molar-refractivity contribution in [2.45, 2.75) is 57.7 Å². The van der Waals surface area contributed by atoms with Gasteiger partial charge in [-0.15, -0.1) is 0 Å². The first-order chi connectivity index (χ1) is 15.6. The molecule has 1 unspecified atom stereocenters. The summed E-state index contributed by atoms with van der Waals surface area (Å²) >= 11 is 0. The van der Waals surface area contributed by atoms with Gasteiger partial charge in [0.2, 0.25) is 0 Å². The van der Waals surface area contributed by atoms with E-state index in [1.165, 1.54) is 17.0 Å². The Kier molecular flexibility index (Phi) is 5.75. The number of ether oxygens (including phenoxy) is 1. The molecule has 4 rings (SSSR count). The van der Waals surface area contributed by atoms with Gasteiger partial charge in [-0.3, -0.25) is 4.79 Å². The van der Waals surface area contributed by atoms with Gasteiger partial charge in [0.15, 0.2) is 11.4 Å². The summed E-state index contributed by atoms with van der Waals surface area (Å²) < 4.78 is 63.3. The molecule has 2 aromatic rings. The third-order valence-corrected chi connectivity index (χ3v) is 6.88. The summed E-state index contributed by atoms with van der Waals surface area (Å²) in [6.07, 6.45) is -5.20. The van der Waals surface area contributed by atoms with Gasteiger partial charge in [-0.1, -0.05) is 39.8 Å². The first-order valence-corrected chi connectivity index (χ1v) is 11.3. The van der Waals surface area contributed by atoms with Gasteiger partial charge in [-0.05, 0) is 36.1 Å². The highest BCUT2D eigenvalue weighted by Gasteiger charge is 2.58. The molecule has 0 amide bonds. The first-order valence-electron chi connectivity index (χ1n) is 11.3. The highest BCUT2D eigenvalue weighted by Crippen LogP contribution is 2.47. The van der Waals surface area contributed by atoms with E-state index in [4.69, 9.17) is 4.74 Å². The predicted octanol–water partition coefficient (Wildman–Crippen LogP) is 5.45. The van der Waals surface area contributed by atoms with Crippen LogP contribution in [0.4, 0.5) is 23.2 Å². The van der Waals surface area contributed by atoms with E-state index in [2.05, 4.69) is 0 Å². The van der Waals surface area contributed by atoms with Gasteiger partial charge in [0, 0.05) is 40.8 Å². The molecule has 1 N–H and O–H groups in total. The Labute approximate surface area is 196 Å². The van der Waals surface area contributed by atoms with Crippen LogP contribution in [0.2, 0.25) is 0 Å². The molecular weight excluding hydrogens is 450 g/mol. The average molecular weight is 480 g/mol.